The summed E-state index contributed by atoms with van der Waals surface area (Å²) >= 11 is 5.92. The molecule has 0 fully saturated rings. The van der Waals surface area contributed by atoms with Crippen molar-refractivity contribution in [1.29, 1.82) is 0 Å². The summed E-state index contributed by atoms with van der Waals surface area (Å²) in [5, 5.41) is 16.7. The van der Waals surface area contributed by atoms with Crippen LogP contribution in [0.5, 0.6) is 0 Å². The lowest BCUT2D eigenvalue weighted by Gasteiger charge is -2.07. The van der Waals surface area contributed by atoms with Gasteiger partial charge >= 0.3 is 0 Å². The number of nitrogens with zero attached hydrogens (tertiary/aromatic N) is 1. The average Bonchev–Trinajstić information content (AvgIpc) is 3.23. The van der Waals surface area contributed by atoms with E-state index >= 15 is 0 Å². The van der Waals surface area contributed by atoms with E-state index in [0.717, 1.165) is 5.56 Å². The van der Waals surface area contributed by atoms with Gasteiger partial charge in [-0.2, -0.15) is 0 Å². The largest absolute Gasteiger partial charge is 0.467 e. The number of aliphatic hydroxyl groups is 1. The smallest absolute Gasteiger partial charge is 0.273 e. The van der Waals surface area contributed by atoms with Crippen molar-refractivity contribution in [2.45, 2.75) is 6.10 Å². The number of rotatable bonds is 5. The Labute approximate surface area is 136 Å². The van der Waals surface area contributed by atoms with Crippen LogP contribution in [0.25, 0.3) is 11.3 Å². The van der Waals surface area contributed by atoms with E-state index in [2.05, 4.69) is 10.5 Å². The van der Waals surface area contributed by atoms with Crippen LogP contribution in [-0.2, 0) is 0 Å². The van der Waals surface area contributed by atoms with Crippen molar-refractivity contribution in [2.24, 2.45) is 0 Å². The van der Waals surface area contributed by atoms with Crippen molar-refractivity contribution in [2.75, 3.05) is 6.54 Å². The number of halogens is 1. The first-order valence-electron chi connectivity index (χ1n) is 6.86. The number of carbonyl (C=O) groups is 1. The molecule has 2 aromatic heterocycles. The van der Waals surface area contributed by atoms with Gasteiger partial charge in [0.25, 0.3) is 5.91 Å². The van der Waals surface area contributed by atoms with E-state index in [1.54, 1.807) is 36.4 Å². The minimum atomic E-state index is -0.923. The molecule has 0 saturated heterocycles. The number of furan rings is 1. The summed E-state index contributed by atoms with van der Waals surface area (Å²) in [5.41, 5.74) is 0.839. The highest BCUT2D eigenvalue weighted by molar-refractivity contribution is 6.30. The Morgan fingerprint density at radius 1 is 1.30 bits per heavy atom. The molecule has 7 heteroatoms. The molecule has 0 spiro atoms. The molecular weight excluding hydrogens is 320 g/mol. The van der Waals surface area contributed by atoms with E-state index in [1.165, 1.54) is 12.3 Å². The third kappa shape index (κ3) is 3.61. The van der Waals surface area contributed by atoms with Crippen LogP contribution < -0.4 is 5.32 Å². The van der Waals surface area contributed by atoms with Crippen LogP contribution in [0.4, 0.5) is 0 Å². The summed E-state index contributed by atoms with van der Waals surface area (Å²) in [6.07, 6.45) is 0.531. The number of aliphatic hydroxyl groups excluding tert-OH is 1. The summed E-state index contributed by atoms with van der Waals surface area (Å²) in [5.74, 6) is 0.363. The number of hydrogen-bond donors (Lipinski definition) is 2. The highest BCUT2D eigenvalue weighted by atomic mass is 35.5. The summed E-state index contributed by atoms with van der Waals surface area (Å²) in [6, 6.07) is 11.8. The fraction of sp³-hybridized carbons (Fsp3) is 0.125. The Bertz CT molecular complexity index is 798. The van der Waals surface area contributed by atoms with Gasteiger partial charge in [-0.25, -0.2) is 0 Å². The fourth-order valence-corrected chi connectivity index (χ4v) is 2.21. The molecule has 1 unspecified atom stereocenters. The van der Waals surface area contributed by atoms with Gasteiger partial charge < -0.3 is 19.4 Å². The van der Waals surface area contributed by atoms with Crippen molar-refractivity contribution < 1.29 is 18.8 Å². The number of hydrogen-bond acceptors (Lipinski definition) is 5. The van der Waals surface area contributed by atoms with Crippen molar-refractivity contribution >= 4 is 17.5 Å². The van der Waals surface area contributed by atoms with Crippen molar-refractivity contribution in [3.05, 3.63) is 65.2 Å². The van der Waals surface area contributed by atoms with Gasteiger partial charge in [0.15, 0.2) is 11.5 Å². The molecule has 1 aromatic carbocycles. The molecule has 3 aromatic rings. The zero-order chi connectivity index (χ0) is 16.2. The fourth-order valence-electron chi connectivity index (χ4n) is 2.02. The number of amides is 1. The molecule has 23 heavy (non-hydrogen) atoms. The lowest BCUT2D eigenvalue weighted by atomic mass is 10.1. The van der Waals surface area contributed by atoms with Crippen LogP contribution in [-0.4, -0.2) is 22.7 Å². The number of aromatic nitrogens is 1. The number of nitrogens with one attached hydrogen (secondary N) is 1. The monoisotopic (exact) mass is 332 g/mol. The highest BCUT2D eigenvalue weighted by Crippen LogP contribution is 2.23. The van der Waals surface area contributed by atoms with Crippen molar-refractivity contribution in [1.82, 2.24) is 10.5 Å². The second kappa shape index (κ2) is 6.68. The average molecular weight is 333 g/mol. The van der Waals surface area contributed by atoms with Gasteiger partial charge in [0.05, 0.1) is 12.8 Å². The molecule has 0 saturated carbocycles. The van der Waals surface area contributed by atoms with Crippen LogP contribution in [0.1, 0.15) is 22.4 Å². The minimum Gasteiger partial charge on any atom is -0.467 e. The first-order chi connectivity index (χ1) is 11.1. The third-order valence-corrected chi connectivity index (χ3v) is 3.41. The summed E-state index contributed by atoms with van der Waals surface area (Å²) in [4.78, 5) is 12.0. The van der Waals surface area contributed by atoms with Crippen molar-refractivity contribution in [3.8, 4) is 11.3 Å². The van der Waals surface area contributed by atoms with E-state index in [9.17, 15) is 9.90 Å². The molecule has 6 nitrogen and oxygen atoms in total. The Hall–Kier alpha value is -2.57. The Kier molecular flexibility index (Phi) is 4.45. The van der Waals surface area contributed by atoms with Crippen LogP contribution in [0.15, 0.2) is 57.7 Å². The van der Waals surface area contributed by atoms with Gasteiger partial charge in [0.1, 0.15) is 11.9 Å². The van der Waals surface area contributed by atoms with Crippen LogP contribution in [0.2, 0.25) is 5.02 Å². The second-order valence-electron chi connectivity index (χ2n) is 4.83. The molecule has 3 rings (SSSR count). The molecule has 0 radical (unpaired) electrons. The highest BCUT2D eigenvalue weighted by Gasteiger charge is 2.16. The molecule has 2 N–H and O–H groups in total. The quantitative estimate of drug-likeness (QED) is 0.749. The van der Waals surface area contributed by atoms with E-state index in [4.69, 9.17) is 20.5 Å². The lowest BCUT2D eigenvalue weighted by molar-refractivity contribution is 0.0892. The number of benzene rings is 1. The topological polar surface area (TPSA) is 88.5 Å². The van der Waals surface area contributed by atoms with Crippen LogP contribution >= 0.6 is 11.6 Å². The molecule has 0 aliphatic carbocycles. The van der Waals surface area contributed by atoms with E-state index in [-0.39, 0.29) is 12.2 Å². The van der Waals surface area contributed by atoms with Gasteiger partial charge in [-0.3, -0.25) is 4.79 Å². The van der Waals surface area contributed by atoms with Gasteiger partial charge in [-0.05, 0) is 24.3 Å². The molecule has 0 aliphatic heterocycles. The SMILES string of the molecule is O=C(NCC(O)c1ccco1)c1cc(-c2cccc(Cl)c2)on1. The summed E-state index contributed by atoms with van der Waals surface area (Å²) in [7, 11) is 0. The van der Waals surface area contributed by atoms with Gasteiger partial charge in [0.2, 0.25) is 0 Å². The Balaban J connectivity index is 1.64. The molecule has 1 amide bonds. The molecule has 118 valence electrons. The van der Waals surface area contributed by atoms with Crippen LogP contribution in [0.3, 0.4) is 0 Å². The first-order valence-corrected chi connectivity index (χ1v) is 7.23. The molecule has 1 atom stereocenters. The minimum absolute atomic E-state index is 0.00566. The third-order valence-electron chi connectivity index (χ3n) is 3.18. The van der Waals surface area contributed by atoms with Gasteiger partial charge in [0, 0.05) is 16.7 Å². The van der Waals surface area contributed by atoms with Crippen molar-refractivity contribution in [3.63, 3.8) is 0 Å². The van der Waals surface area contributed by atoms with Gasteiger partial charge in [-0.1, -0.05) is 28.9 Å². The maximum absolute atomic E-state index is 12.0. The standard InChI is InChI=1S/C16H13ClN2O4/c17-11-4-1-3-10(7-11)15-8-12(19-23-15)16(21)18-9-13(20)14-5-2-6-22-14/h1-8,13,20H,9H2,(H,18,21). The van der Waals surface area contributed by atoms with E-state index in [0.29, 0.717) is 16.5 Å². The van der Waals surface area contributed by atoms with Gasteiger partial charge in [-0.15, -0.1) is 0 Å². The Morgan fingerprint density at radius 3 is 2.91 bits per heavy atom. The summed E-state index contributed by atoms with van der Waals surface area (Å²) < 4.78 is 10.2. The molecule has 0 aliphatic rings. The Morgan fingerprint density at radius 2 is 2.17 bits per heavy atom. The first kappa shape index (κ1) is 15.3. The maximum Gasteiger partial charge on any atom is 0.273 e. The zero-order valence-electron chi connectivity index (χ0n) is 11.9. The molecular formula is C16H13ClN2O4. The van der Waals surface area contributed by atoms with Crippen LogP contribution in [0, 0.1) is 0 Å². The predicted octanol–water partition coefficient (Wildman–Crippen LogP) is 3.05. The predicted molar refractivity (Wildman–Crippen MR) is 83.0 cm³/mol. The normalized spacial score (nSPS) is 12.1. The molecule has 2 heterocycles. The second-order valence-corrected chi connectivity index (χ2v) is 5.26. The zero-order valence-corrected chi connectivity index (χ0v) is 12.7. The van der Waals surface area contributed by atoms with E-state index < -0.39 is 12.0 Å². The summed E-state index contributed by atoms with van der Waals surface area (Å²) in [6.45, 7) is 0.00566. The lowest BCUT2D eigenvalue weighted by Crippen LogP contribution is -2.28. The van der Waals surface area contributed by atoms with E-state index in [1.807, 2.05) is 0 Å². The molecule has 0 bridgehead atoms. The maximum atomic E-state index is 12.0. The number of carbonyl (C=O) groups excluding carboxylic acids is 1.